The summed E-state index contributed by atoms with van der Waals surface area (Å²) >= 11 is 0. The van der Waals surface area contributed by atoms with E-state index in [-0.39, 0.29) is 5.70 Å². The zero-order valence-electron chi connectivity index (χ0n) is 22.3. The lowest BCUT2D eigenvalue weighted by Gasteiger charge is -2.20. The van der Waals surface area contributed by atoms with Crippen molar-refractivity contribution < 1.29 is 19.2 Å². The molecule has 1 heterocycles. The molecule has 4 N–H and O–H groups in total. The van der Waals surface area contributed by atoms with E-state index in [1.54, 1.807) is 66.7 Å². The Labute approximate surface area is 232 Å². The van der Waals surface area contributed by atoms with Gasteiger partial charge in [0.05, 0.1) is 11.9 Å². The predicted molar refractivity (Wildman–Crippen MR) is 157 cm³/mol. The third-order valence-corrected chi connectivity index (χ3v) is 6.14. The molecule has 0 saturated heterocycles. The molecule has 3 aromatic carbocycles. The van der Waals surface area contributed by atoms with Crippen LogP contribution >= 0.6 is 0 Å². The quantitative estimate of drug-likeness (QED) is 0.114. The highest BCUT2D eigenvalue weighted by Crippen LogP contribution is 2.23. The smallest absolute Gasteiger partial charge is 0.287 e. The molecule has 0 saturated carbocycles. The van der Waals surface area contributed by atoms with Crippen LogP contribution in [0.1, 0.15) is 35.5 Å². The molecule has 40 heavy (non-hydrogen) atoms. The van der Waals surface area contributed by atoms with E-state index in [0.29, 0.717) is 22.8 Å². The van der Waals surface area contributed by atoms with Gasteiger partial charge in [0.2, 0.25) is 0 Å². The van der Waals surface area contributed by atoms with Gasteiger partial charge in [-0.25, -0.2) is 5.43 Å². The number of rotatable bonds is 11. The number of hydrogen-bond acceptors (Lipinski definition) is 7. The van der Waals surface area contributed by atoms with Crippen LogP contribution in [0.5, 0.6) is 0 Å². The normalized spacial score (nSPS) is 11.3. The number of furan rings is 1. The van der Waals surface area contributed by atoms with Crippen molar-refractivity contribution in [3.8, 4) is 11.3 Å². The fourth-order valence-corrected chi connectivity index (χ4v) is 3.98. The van der Waals surface area contributed by atoms with Crippen molar-refractivity contribution in [1.29, 1.82) is 0 Å². The summed E-state index contributed by atoms with van der Waals surface area (Å²) in [6, 6.07) is 26.9. The van der Waals surface area contributed by atoms with E-state index in [4.69, 9.17) is 9.62 Å². The second-order valence-corrected chi connectivity index (χ2v) is 8.73. The number of anilines is 2. The second-order valence-electron chi connectivity index (χ2n) is 8.73. The Morgan fingerprint density at radius 2 is 1.60 bits per heavy atom. The second kappa shape index (κ2) is 13.6. The number of amides is 2. The Kier molecular flexibility index (Phi) is 9.47. The Hall–Kier alpha value is -5.15. The van der Waals surface area contributed by atoms with Crippen LogP contribution in [0, 0.1) is 0 Å². The first-order chi connectivity index (χ1) is 19.5. The molecule has 0 unspecified atom stereocenters. The SMILES string of the molecule is CCN(CC)c1ccc(/C=C(/NC(=O)c2ccccc2)C(=O)N/N=C/c2ccc(-c3ccc(NO)cc3)o2)cc1. The largest absolute Gasteiger partial charge is 0.455 e. The molecule has 9 nitrogen and oxygen atoms in total. The summed E-state index contributed by atoms with van der Waals surface area (Å²) in [6.45, 7) is 5.95. The summed E-state index contributed by atoms with van der Waals surface area (Å²) in [7, 11) is 0. The van der Waals surface area contributed by atoms with Crippen molar-refractivity contribution in [2.45, 2.75) is 13.8 Å². The minimum atomic E-state index is -0.591. The number of benzene rings is 3. The van der Waals surface area contributed by atoms with E-state index in [2.05, 4.69) is 40.1 Å². The Morgan fingerprint density at radius 1 is 0.900 bits per heavy atom. The molecule has 1 aromatic heterocycles. The average Bonchev–Trinajstić information content (AvgIpc) is 3.47. The van der Waals surface area contributed by atoms with Crippen molar-refractivity contribution >= 4 is 35.5 Å². The van der Waals surface area contributed by atoms with Gasteiger partial charge in [-0.2, -0.15) is 5.10 Å². The molecule has 0 aliphatic heterocycles. The number of hydrogen-bond donors (Lipinski definition) is 4. The lowest BCUT2D eigenvalue weighted by Crippen LogP contribution is -2.32. The van der Waals surface area contributed by atoms with Crippen LogP contribution in [-0.2, 0) is 4.79 Å². The van der Waals surface area contributed by atoms with E-state index < -0.39 is 11.8 Å². The maximum Gasteiger partial charge on any atom is 0.287 e. The van der Waals surface area contributed by atoms with Gasteiger partial charge in [-0.05, 0) is 86.2 Å². The number of hydrazone groups is 1. The highest BCUT2D eigenvalue weighted by Gasteiger charge is 2.15. The van der Waals surface area contributed by atoms with E-state index in [0.717, 1.165) is 29.9 Å². The van der Waals surface area contributed by atoms with Crippen LogP contribution in [0.25, 0.3) is 17.4 Å². The van der Waals surface area contributed by atoms with E-state index in [9.17, 15) is 9.59 Å². The van der Waals surface area contributed by atoms with Gasteiger partial charge in [-0.1, -0.05) is 30.3 Å². The molecule has 0 atom stereocenters. The summed E-state index contributed by atoms with van der Waals surface area (Å²) in [5, 5.41) is 15.7. The first-order valence-corrected chi connectivity index (χ1v) is 12.9. The van der Waals surface area contributed by atoms with Crippen molar-refractivity contribution in [2.24, 2.45) is 5.10 Å². The molecule has 2 amide bonds. The van der Waals surface area contributed by atoms with Crippen molar-refractivity contribution in [3.63, 3.8) is 0 Å². The van der Waals surface area contributed by atoms with Crippen LogP contribution in [0.2, 0.25) is 0 Å². The fraction of sp³-hybridized carbons (Fsp3) is 0.129. The predicted octanol–water partition coefficient (Wildman–Crippen LogP) is 5.52. The van der Waals surface area contributed by atoms with Crippen LogP contribution in [0.4, 0.5) is 11.4 Å². The van der Waals surface area contributed by atoms with Gasteiger partial charge in [0.15, 0.2) is 0 Å². The lowest BCUT2D eigenvalue weighted by atomic mass is 10.1. The van der Waals surface area contributed by atoms with Gasteiger partial charge in [-0.15, -0.1) is 0 Å². The minimum absolute atomic E-state index is 0.0410. The molecule has 9 heteroatoms. The van der Waals surface area contributed by atoms with Crippen LogP contribution in [0.3, 0.4) is 0 Å². The van der Waals surface area contributed by atoms with Crippen molar-refractivity contribution in [3.05, 3.63) is 114 Å². The molecule has 0 bridgehead atoms. The molecular weight excluding hydrogens is 506 g/mol. The van der Waals surface area contributed by atoms with Gasteiger partial charge in [0.25, 0.3) is 11.8 Å². The fourth-order valence-electron chi connectivity index (χ4n) is 3.98. The first-order valence-electron chi connectivity index (χ1n) is 12.9. The molecule has 0 aliphatic rings. The molecule has 0 radical (unpaired) electrons. The van der Waals surface area contributed by atoms with Crippen LogP contribution in [-0.4, -0.2) is 36.3 Å². The summed E-state index contributed by atoms with van der Waals surface area (Å²) < 4.78 is 5.78. The zero-order valence-corrected chi connectivity index (χ0v) is 22.3. The van der Waals surface area contributed by atoms with Gasteiger partial charge < -0.3 is 14.6 Å². The van der Waals surface area contributed by atoms with E-state index >= 15 is 0 Å². The third kappa shape index (κ3) is 7.24. The van der Waals surface area contributed by atoms with E-state index in [1.165, 1.54) is 6.21 Å². The molecule has 204 valence electrons. The topological polar surface area (TPSA) is 119 Å². The maximum atomic E-state index is 13.1. The van der Waals surface area contributed by atoms with Gasteiger partial charge in [-0.3, -0.25) is 20.3 Å². The Balaban J connectivity index is 1.50. The first kappa shape index (κ1) is 27.9. The monoisotopic (exact) mass is 537 g/mol. The number of carbonyl (C=O) groups excluding carboxylic acids is 2. The third-order valence-electron chi connectivity index (χ3n) is 6.14. The number of carbonyl (C=O) groups is 2. The van der Waals surface area contributed by atoms with Gasteiger partial charge >= 0.3 is 0 Å². The standard InChI is InChI=1S/C31H31N5O4/c1-3-36(4-2)26-16-10-22(11-17-26)20-28(33-30(37)24-8-6-5-7-9-24)31(38)34-32-21-27-18-19-29(40-27)23-12-14-25(35-39)15-13-23/h5-21,35,39H,3-4H2,1-2H3,(H,33,37)(H,34,38)/b28-20+,32-21+. The molecule has 0 spiro atoms. The molecule has 0 fully saturated rings. The zero-order chi connectivity index (χ0) is 28.3. The summed E-state index contributed by atoms with van der Waals surface area (Å²) in [5.74, 6) is 0.0164. The Bertz CT molecular complexity index is 1470. The highest BCUT2D eigenvalue weighted by molar-refractivity contribution is 6.05. The highest BCUT2D eigenvalue weighted by atomic mass is 16.5. The summed E-state index contributed by atoms with van der Waals surface area (Å²) in [5.41, 5.74) is 8.20. The van der Waals surface area contributed by atoms with Gasteiger partial charge in [0, 0.05) is 29.9 Å². The summed E-state index contributed by atoms with van der Waals surface area (Å²) in [6.07, 6.45) is 2.98. The summed E-state index contributed by atoms with van der Waals surface area (Å²) in [4.78, 5) is 28.1. The van der Waals surface area contributed by atoms with Crippen molar-refractivity contribution in [2.75, 3.05) is 23.5 Å². The molecule has 0 aliphatic carbocycles. The number of nitrogens with one attached hydrogen (secondary N) is 3. The van der Waals surface area contributed by atoms with Gasteiger partial charge in [0.1, 0.15) is 17.2 Å². The average molecular weight is 538 g/mol. The maximum absolute atomic E-state index is 13.1. The number of nitrogens with zero attached hydrogens (tertiary/aromatic N) is 2. The molecular formula is C31H31N5O4. The minimum Gasteiger partial charge on any atom is -0.455 e. The van der Waals surface area contributed by atoms with Crippen LogP contribution in [0.15, 0.2) is 106 Å². The Morgan fingerprint density at radius 3 is 2.25 bits per heavy atom. The molecule has 4 rings (SSSR count). The lowest BCUT2D eigenvalue weighted by molar-refractivity contribution is -0.117. The van der Waals surface area contributed by atoms with Crippen molar-refractivity contribution in [1.82, 2.24) is 10.7 Å². The molecule has 4 aromatic rings. The van der Waals surface area contributed by atoms with E-state index in [1.807, 2.05) is 30.3 Å². The van der Waals surface area contributed by atoms with Crippen LogP contribution < -0.4 is 21.1 Å².